The van der Waals surface area contributed by atoms with Gasteiger partial charge < -0.3 is 14.3 Å². The molecule has 42 heavy (non-hydrogen) atoms. The fraction of sp³-hybridized carbons (Fsp3) is 0.161. The second kappa shape index (κ2) is 10.4. The maximum absolute atomic E-state index is 14.0. The molecule has 0 bridgehead atoms. The maximum Gasteiger partial charge on any atom is 0.268 e. The third-order valence-electron chi connectivity index (χ3n) is 7.04. The standard InChI is InChI=1S/C31H27FN4O4S2/c1-5-42(38,39)35-20-10-11-26(40-28-17(2)12-19(32)13-18(28)3)21(14-20)23-16-36(4)31(37)29-22(23)15-27(41-29)30-33-24-8-6-7-9-25(24)34-30/h6-16,35H,5H2,1-4H3,(H,33,34). The smallest absolute Gasteiger partial charge is 0.268 e. The number of halogens is 1. The van der Waals surface area contributed by atoms with Crippen molar-refractivity contribution in [2.75, 3.05) is 10.5 Å². The number of nitrogens with zero attached hydrogens (tertiary/aromatic N) is 2. The molecule has 3 aromatic carbocycles. The number of pyridine rings is 1. The van der Waals surface area contributed by atoms with Gasteiger partial charge in [-0.1, -0.05) is 12.1 Å². The van der Waals surface area contributed by atoms with Crippen LogP contribution in [0.5, 0.6) is 11.5 Å². The minimum Gasteiger partial charge on any atom is -0.456 e. The molecule has 0 amide bonds. The fourth-order valence-corrected chi connectivity index (χ4v) is 6.68. The van der Waals surface area contributed by atoms with Gasteiger partial charge in [-0.2, -0.15) is 0 Å². The second-order valence-electron chi connectivity index (χ2n) is 10.1. The number of benzene rings is 3. The van der Waals surface area contributed by atoms with Crippen LogP contribution in [0.4, 0.5) is 10.1 Å². The molecule has 2 N–H and O–H groups in total. The van der Waals surface area contributed by atoms with Crippen LogP contribution in [0.1, 0.15) is 18.1 Å². The van der Waals surface area contributed by atoms with E-state index < -0.39 is 10.0 Å². The Labute approximate surface area is 245 Å². The van der Waals surface area contributed by atoms with Crippen LogP contribution in [-0.2, 0) is 17.1 Å². The number of aromatic nitrogens is 3. The summed E-state index contributed by atoms with van der Waals surface area (Å²) < 4.78 is 49.9. The number of sulfonamides is 1. The van der Waals surface area contributed by atoms with Crippen LogP contribution >= 0.6 is 11.3 Å². The first-order valence-electron chi connectivity index (χ1n) is 13.2. The summed E-state index contributed by atoms with van der Waals surface area (Å²) in [5.74, 6) is 1.10. The van der Waals surface area contributed by atoms with E-state index >= 15 is 0 Å². The quantitative estimate of drug-likeness (QED) is 0.202. The Kier molecular flexibility index (Phi) is 6.86. The molecule has 6 rings (SSSR count). The third-order valence-corrected chi connectivity index (χ3v) is 9.48. The average Bonchev–Trinajstić information content (AvgIpc) is 3.58. The predicted octanol–water partition coefficient (Wildman–Crippen LogP) is 7.12. The lowest BCUT2D eigenvalue weighted by Crippen LogP contribution is -2.16. The van der Waals surface area contributed by atoms with Crippen LogP contribution in [0, 0.1) is 19.7 Å². The summed E-state index contributed by atoms with van der Waals surface area (Å²) in [6.07, 6.45) is 1.71. The van der Waals surface area contributed by atoms with E-state index in [1.54, 1.807) is 52.2 Å². The van der Waals surface area contributed by atoms with Crippen LogP contribution < -0.4 is 15.0 Å². The number of H-pyrrole nitrogens is 1. The molecule has 3 aromatic heterocycles. The summed E-state index contributed by atoms with van der Waals surface area (Å²) in [5, 5.41) is 0.673. The lowest BCUT2D eigenvalue weighted by Gasteiger charge is -2.18. The number of rotatable bonds is 7. The molecule has 6 aromatic rings. The monoisotopic (exact) mass is 602 g/mol. The summed E-state index contributed by atoms with van der Waals surface area (Å²) in [4.78, 5) is 22.1. The normalized spacial score (nSPS) is 11.8. The lowest BCUT2D eigenvalue weighted by molar-refractivity contribution is 0.474. The summed E-state index contributed by atoms with van der Waals surface area (Å²) in [5.41, 5.74) is 4.33. The molecule has 0 unspecified atom stereocenters. The van der Waals surface area contributed by atoms with Gasteiger partial charge >= 0.3 is 0 Å². The molecule has 8 nitrogen and oxygen atoms in total. The first-order valence-corrected chi connectivity index (χ1v) is 15.7. The van der Waals surface area contributed by atoms with Gasteiger partial charge in [-0.05, 0) is 80.4 Å². The molecule has 3 heterocycles. The highest BCUT2D eigenvalue weighted by atomic mass is 32.2. The van der Waals surface area contributed by atoms with Gasteiger partial charge in [0.25, 0.3) is 5.56 Å². The Balaban J connectivity index is 1.58. The van der Waals surface area contributed by atoms with Crippen molar-refractivity contribution in [1.82, 2.24) is 14.5 Å². The molecule has 0 atom stereocenters. The van der Waals surface area contributed by atoms with Crippen molar-refractivity contribution in [2.45, 2.75) is 20.8 Å². The average molecular weight is 603 g/mol. The highest BCUT2D eigenvalue weighted by Gasteiger charge is 2.21. The summed E-state index contributed by atoms with van der Waals surface area (Å²) >= 11 is 1.33. The number of aromatic amines is 1. The number of imidazole rings is 1. The lowest BCUT2D eigenvalue weighted by atomic mass is 10.0. The molecular weight excluding hydrogens is 575 g/mol. The molecule has 0 aliphatic rings. The van der Waals surface area contributed by atoms with Crippen molar-refractivity contribution < 1.29 is 17.5 Å². The van der Waals surface area contributed by atoms with Gasteiger partial charge in [0.1, 0.15) is 27.8 Å². The van der Waals surface area contributed by atoms with E-state index in [9.17, 15) is 17.6 Å². The predicted molar refractivity (Wildman–Crippen MR) is 167 cm³/mol. The van der Waals surface area contributed by atoms with E-state index in [-0.39, 0.29) is 17.1 Å². The Bertz CT molecular complexity index is 2130. The summed E-state index contributed by atoms with van der Waals surface area (Å²) in [6, 6.07) is 17.4. The highest BCUT2D eigenvalue weighted by Crippen LogP contribution is 2.43. The molecule has 0 fully saturated rings. The van der Waals surface area contributed by atoms with Crippen LogP contribution in [0.2, 0.25) is 0 Å². The molecule has 0 aliphatic heterocycles. The number of fused-ring (bicyclic) bond motifs is 2. The zero-order valence-electron chi connectivity index (χ0n) is 23.3. The van der Waals surface area contributed by atoms with E-state index in [1.807, 2.05) is 30.3 Å². The zero-order chi connectivity index (χ0) is 29.8. The molecule has 11 heteroatoms. The number of hydrogen-bond acceptors (Lipinski definition) is 6. The number of hydrogen-bond donors (Lipinski definition) is 2. The van der Waals surface area contributed by atoms with Crippen LogP contribution in [0.25, 0.3) is 42.9 Å². The minimum atomic E-state index is -3.56. The van der Waals surface area contributed by atoms with Gasteiger partial charge in [0.05, 0.1) is 21.7 Å². The van der Waals surface area contributed by atoms with Crippen LogP contribution in [0.3, 0.4) is 0 Å². The first kappa shape index (κ1) is 27.7. The van der Waals surface area contributed by atoms with Gasteiger partial charge in [-0.3, -0.25) is 9.52 Å². The molecule has 0 aliphatic carbocycles. The Morgan fingerprint density at radius 3 is 2.50 bits per heavy atom. The van der Waals surface area contributed by atoms with E-state index in [0.29, 0.717) is 55.4 Å². The molecule has 0 saturated carbocycles. The second-order valence-corrected chi connectivity index (χ2v) is 13.2. The Morgan fingerprint density at radius 2 is 1.79 bits per heavy atom. The van der Waals surface area contributed by atoms with Gasteiger partial charge in [0, 0.05) is 35.4 Å². The summed E-state index contributed by atoms with van der Waals surface area (Å²) in [7, 11) is -1.89. The van der Waals surface area contributed by atoms with E-state index in [1.165, 1.54) is 28.0 Å². The Morgan fingerprint density at radius 1 is 1.05 bits per heavy atom. The molecule has 214 valence electrons. The van der Waals surface area contributed by atoms with Crippen LogP contribution in [0.15, 0.2) is 71.7 Å². The number of anilines is 1. The molecule has 0 radical (unpaired) electrons. The molecule has 0 spiro atoms. The fourth-order valence-electron chi connectivity index (χ4n) is 4.95. The van der Waals surface area contributed by atoms with Crippen molar-refractivity contribution in [1.29, 1.82) is 0 Å². The number of thiophene rings is 1. The maximum atomic E-state index is 14.0. The molecule has 0 saturated heterocycles. The topological polar surface area (TPSA) is 106 Å². The van der Waals surface area contributed by atoms with E-state index in [4.69, 9.17) is 9.72 Å². The number of nitrogens with one attached hydrogen (secondary N) is 2. The zero-order valence-corrected chi connectivity index (χ0v) is 24.9. The third kappa shape index (κ3) is 5.05. The SMILES string of the molecule is CCS(=O)(=O)Nc1ccc(Oc2c(C)cc(F)cc2C)c(-c2cn(C)c(=O)c3sc(-c4nc5ccccc5[nH]4)cc23)c1. The first-order chi connectivity index (χ1) is 20.0. The van der Waals surface area contributed by atoms with Gasteiger partial charge in [-0.15, -0.1) is 11.3 Å². The van der Waals surface area contributed by atoms with Crippen molar-refractivity contribution in [2.24, 2.45) is 7.05 Å². The number of aryl methyl sites for hydroxylation is 3. The van der Waals surface area contributed by atoms with Crippen LogP contribution in [-0.4, -0.2) is 28.7 Å². The van der Waals surface area contributed by atoms with Gasteiger partial charge in [0.15, 0.2) is 0 Å². The summed E-state index contributed by atoms with van der Waals surface area (Å²) in [6.45, 7) is 5.08. The number of ether oxygens (including phenoxy) is 1. The van der Waals surface area contributed by atoms with Crippen molar-refractivity contribution in [3.63, 3.8) is 0 Å². The number of para-hydroxylation sites is 2. The highest BCUT2D eigenvalue weighted by molar-refractivity contribution is 7.92. The molecular formula is C31H27FN4O4S2. The van der Waals surface area contributed by atoms with Gasteiger partial charge in [0.2, 0.25) is 10.0 Å². The van der Waals surface area contributed by atoms with Crippen molar-refractivity contribution in [3.05, 3.63) is 94.2 Å². The Hall–Kier alpha value is -4.48. The largest absolute Gasteiger partial charge is 0.456 e. The van der Waals surface area contributed by atoms with E-state index in [2.05, 4.69) is 9.71 Å². The van der Waals surface area contributed by atoms with E-state index in [0.717, 1.165) is 15.9 Å². The van der Waals surface area contributed by atoms with Gasteiger partial charge in [-0.25, -0.2) is 17.8 Å². The van der Waals surface area contributed by atoms with Crippen molar-refractivity contribution in [3.8, 4) is 33.3 Å². The van der Waals surface area contributed by atoms with Crippen molar-refractivity contribution >= 4 is 48.2 Å². The minimum absolute atomic E-state index is 0.0932.